The van der Waals surface area contributed by atoms with Crippen LogP contribution in [0.1, 0.15) is 5.56 Å². The Kier molecular flexibility index (Phi) is 5.88. The number of alkyl halides is 3. The van der Waals surface area contributed by atoms with Crippen molar-refractivity contribution < 1.29 is 23.1 Å². The van der Waals surface area contributed by atoms with E-state index in [0.29, 0.717) is 5.69 Å². The Bertz CT molecular complexity index is 1030. The molecule has 0 aliphatic carbocycles. The summed E-state index contributed by atoms with van der Waals surface area (Å²) in [4.78, 5) is 19.2. The number of halogens is 4. The molecule has 6 nitrogen and oxygen atoms in total. The van der Waals surface area contributed by atoms with Crippen LogP contribution in [0.15, 0.2) is 54.6 Å². The zero-order valence-corrected chi connectivity index (χ0v) is 15.4. The largest absolute Gasteiger partial charge is 0.480 e. The molecule has 0 amide bonds. The standard InChI is InChI=1S/C19H14ClF3N4O2/c20-14-7-6-12(8-13(14)19(21,22)23)25-16-9-15(11-4-2-1-3-5-11)26-18(27-16)24-10-17(28)29/h1-9H,10H2,(H,28,29)(H2,24,25,26,27). The third-order valence-corrected chi connectivity index (χ3v) is 4.07. The van der Waals surface area contributed by atoms with Crippen LogP contribution >= 0.6 is 11.6 Å². The van der Waals surface area contributed by atoms with Gasteiger partial charge in [0.15, 0.2) is 0 Å². The Morgan fingerprint density at radius 2 is 1.79 bits per heavy atom. The van der Waals surface area contributed by atoms with Crippen molar-refractivity contribution in [2.24, 2.45) is 0 Å². The van der Waals surface area contributed by atoms with Crippen LogP contribution in [0.2, 0.25) is 5.02 Å². The van der Waals surface area contributed by atoms with E-state index in [1.807, 2.05) is 6.07 Å². The number of aromatic nitrogens is 2. The molecule has 0 atom stereocenters. The Hall–Kier alpha value is -3.33. The molecule has 0 saturated heterocycles. The molecule has 1 aromatic heterocycles. The van der Waals surface area contributed by atoms with Crippen LogP contribution < -0.4 is 10.6 Å². The van der Waals surface area contributed by atoms with Crippen LogP contribution in [0.25, 0.3) is 11.3 Å². The van der Waals surface area contributed by atoms with Crippen molar-refractivity contribution in [1.82, 2.24) is 9.97 Å². The Labute approximate surface area is 168 Å². The first-order chi connectivity index (χ1) is 13.7. The molecule has 0 fully saturated rings. The number of carboxylic acids is 1. The maximum Gasteiger partial charge on any atom is 0.417 e. The van der Waals surface area contributed by atoms with E-state index in [1.54, 1.807) is 30.3 Å². The van der Waals surface area contributed by atoms with Crippen LogP contribution in [0.5, 0.6) is 0 Å². The zero-order valence-electron chi connectivity index (χ0n) is 14.7. The number of rotatable bonds is 6. The second-order valence-electron chi connectivity index (χ2n) is 5.89. The van der Waals surface area contributed by atoms with Crippen molar-refractivity contribution in [3.05, 3.63) is 65.2 Å². The van der Waals surface area contributed by atoms with Gasteiger partial charge in [0.1, 0.15) is 12.4 Å². The molecular weight excluding hydrogens is 409 g/mol. The predicted octanol–water partition coefficient (Wildman–Crippen LogP) is 5.06. The van der Waals surface area contributed by atoms with Gasteiger partial charge in [0.2, 0.25) is 5.95 Å². The van der Waals surface area contributed by atoms with Gasteiger partial charge in [-0.1, -0.05) is 41.9 Å². The minimum atomic E-state index is -4.61. The van der Waals surface area contributed by atoms with Crippen molar-refractivity contribution in [2.75, 3.05) is 17.2 Å². The topological polar surface area (TPSA) is 87.1 Å². The van der Waals surface area contributed by atoms with E-state index in [9.17, 15) is 18.0 Å². The highest BCUT2D eigenvalue weighted by Crippen LogP contribution is 2.36. The number of anilines is 3. The van der Waals surface area contributed by atoms with Crippen LogP contribution in [-0.4, -0.2) is 27.6 Å². The molecule has 2 aromatic carbocycles. The van der Waals surface area contributed by atoms with Crippen LogP contribution in [0, 0.1) is 0 Å². The predicted molar refractivity (Wildman–Crippen MR) is 103 cm³/mol. The molecule has 3 rings (SSSR count). The van der Waals surface area contributed by atoms with E-state index in [0.717, 1.165) is 17.7 Å². The van der Waals surface area contributed by atoms with E-state index in [4.69, 9.17) is 16.7 Å². The average molecular weight is 423 g/mol. The quantitative estimate of drug-likeness (QED) is 0.515. The number of aliphatic carboxylic acids is 1. The normalized spacial score (nSPS) is 11.2. The molecule has 3 aromatic rings. The molecule has 0 unspecified atom stereocenters. The number of carbonyl (C=O) groups is 1. The molecule has 29 heavy (non-hydrogen) atoms. The lowest BCUT2D eigenvalue weighted by molar-refractivity contribution is -0.137. The lowest BCUT2D eigenvalue weighted by Crippen LogP contribution is -2.15. The average Bonchev–Trinajstić information content (AvgIpc) is 2.67. The van der Waals surface area contributed by atoms with Crippen LogP contribution in [0.4, 0.5) is 30.6 Å². The maximum absolute atomic E-state index is 13.1. The summed E-state index contributed by atoms with van der Waals surface area (Å²) in [5.41, 5.74) is 0.318. The Balaban J connectivity index is 1.98. The van der Waals surface area contributed by atoms with Crippen LogP contribution in [0.3, 0.4) is 0 Å². The minimum absolute atomic E-state index is 0.0151. The van der Waals surface area contributed by atoms with Gasteiger partial charge in [-0.3, -0.25) is 4.79 Å². The third-order valence-electron chi connectivity index (χ3n) is 3.74. The highest BCUT2D eigenvalue weighted by Gasteiger charge is 2.33. The van der Waals surface area contributed by atoms with Gasteiger partial charge in [-0.25, -0.2) is 4.98 Å². The second kappa shape index (κ2) is 8.36. The molecule has 0 saturated carbocycles. The van der Waals surface area contributed by atoms with E-state index >= 15 is 0 Å². The number of nitrogens with zero attached hydrogens (tertiary/aromatic N) is 2. The number of hydrogen-bond donors (Lipinski definition) is 3. The molecule has 150 valence electrons. The molecular formula is C19H14ClF3N4O2. The summed E-state index contributed by atoms with van der Waals surface area (Å²) in [5.74, 6) is -0.913. The van der Waals surface area contributed by atoms with Crippen LogP contribution in [-0.2, 0) is 11.0 Å². The molecule has 0 aliphatic heterocycles. The summed E-state index contributed by atoms with van der Waals surface area (Å²) in [6.07, 6.45) is -4.61. The fraction of sp³-hybridized carbons (Fsp3) is 0.105. The molecule has 3 N–H and O–H groups in total. The summed E-state index contributed by atoms with van der Waals surface area (Å²) in [6, 6.07) is 13.9. The Morgan fingerprint density at radius 1 is 1.07 bits per heavy atom. The van der Waals surface area contributed by atoms with Gasteiger partial charge in [-0.15, -0.1) is 0 Å². The van der Waals surface area contributed by atoms with Gasteiger partial charge in [-0.05, 0) is 18.2 Å². The minimum Gasteiger partial charge on any atom is -0.480 e. The monoisotopic (exact) mass is 422 g/mol. The van der Waals surface area contributed by atoms with Gasteiger partial charge in [0.05, 0.1) is 16.3 Å². The van der Waals surface area contributed by atoms with Gasteiger partial charge < -0.3 is 15.7 Å². The first-order valence-corrected chi connectivity index (χ1v) is 8.64. The first kappa shape index (κ1) is 20.4. The van der Waals surface area contributed by atoms with E-state index in [-0.39, 0.29) is 17.5 Å². The highest BCUT2D eigenvalue weighted by atomic mass is 35.5. The fourth-order valence-corrected chi connectivity index (χ4v) is 2.69. The van der Waals surface area contributed by atoms with E-state index in [1.165, 1.54) is 6.07 Å². The van der Waals surface area contributed by atoms with Crippen molar-refractivity contribution in [2.45, 2.75) is 6.18 Å². The summed E-state index contributed by atoms with van der Waals surface area (Å²) in [7, 11) is 0. The van der Waals surface area contributed by atoms with Crippen molar-refractivity contribution in [1.29, 1.82) is 0 Å². The molecule has 1 heterocycles. The number of carboxylic acid groups (broad SMARTS) is 1. The third kappa shape index (κ3) is 5.35. The lowest BCUT2D eigenvalue weighted by Gasteiger charge is -2.13. The lowest BCUT2D eigenvalue weighted by atomic mass is 10.1. The zero-order chi connectivity index (χ0) is 21.0. The smallest absolute Gasteiger partial charge is 0.417 e. The van der Waals surface area contributed by atoms with E-state index in [2.05, 4.69) is 20.6 Å². The molecule has 0 spiro atoms. The van der Waals surface area contributed by atoms with Gasteiger partial charge >= 0.3 is 12.1 Å². The number of nitrogens with one attached hydrogen (secondary N) is 2. The molecule has 0 bridgehead atoms. The van der Waals surface area contributed by atoms with Gasteiger partial charge in [0.25, 0.3) is 0 Å². The highest BCUT2D eigenvalue weighted by molar-refractivity contribution is 6.31. The van der Waals surface area contributed by atoms with Crippen molar-refractivity contribution >= 4 is 35.0 Å². The summed E-state index contributed by atoms with van der Waals surface area (Å²) >= 11 is 5.65. The summed E-state index contributed by atoms with van der Waals surface area (Å²) in [5, 5.41) is 13.8. The number of benzene rings is 2. The van der Waals surface area contributed by atoms with E-state index < -0.39 is 29.3 Å². The SMILES string of the molecule is O=C(O)CNc1nc(Nc2ccc(Cl)c(C(F)(F)F)c2)cc(-c2ccccc2)n1. The molecule has 10 heteroatoms. The Morgan fingerprint density at radius 3 is 2.45 bits per heavy atom. The molecule has 0 radical (unpaired) electrons. The van der Waals surface area contributed by atoms with Gasteiger partial charge in [-0.2, -0.15) is 18.2 Å². The van der Waals surface area contributed by atoms with Crippen molar-refractivity contribution in [3.8, 4) is 11.3 Å². The maximum atomic E-state index is 13.1. The summed E-state index contributed by atoms with van der Waals surface area (Å²) < 4.78 is 39.3. The van der Waals surface area contributed by atoms with Crippen molar-refractivity contribution in [3.63, 3.8) is 0 Å². The fourth-order valence-electron chi connectivity index (χ4n) is 2.47. The molecule has 0 aliphatic rings. The van der Waals surface area contributed by atoms with Gasteiger partial charge in [0, 0.05) is 17.3 Å². The number of hydrogen-bond acceptors (Lipinski definition) is 5. The first-order valence-electron chi connectivity index (χ1n) is 8.26. The second-order valence-corrected chi connectivity index (χ2v) is 6.30. The summed E-state index contributed by atoms with van der Waals surface area (Å²) in [6.45, 7) is -0.420.